The van der Waals surface area contributed by atoms with Gasteiger partial charge >= 0.3 is 5.97 Å². The second kappa shape index (κ2) is 6.37. The van der Waals surface area contributed by atoms with Gasteiger partial charge in [-0.3, -0.25) is 4.79 Å². The van der Waals surface area contributed by atoms with E-state index in [2.05, 4.69) is 5.32 Å². The highest BCUT2D eigenvalue weighted by molar-refractivity contribution is 6.33. The molecule has 0 aromatic heterocycles. The van der Waals surface area contributed by atoms with Crippen molar-refractivity contribution in [2.45, 2.75) is 20.0 Å². The van der Waals surface area contributed by atoms with Crippen LogP contribution in [-0.2, 0) is 14.3 Å². The van der Waals surface area contributed by atoms with Crippen molar-refractivity contribution < 1.29 is 19.4 Å². The molecule has 5 nitrogen and oxygen atoms in total. The van der Waals surface area contributed by atoms with Gasteiger partial charge in [0.2, 0.25) is 5.91 Å². The molecule has 6 heteroatoms. The van der Waals surface area contributed by atoms with E-state index in [1.807, 2.05) is 13.0 Å². The van der Waals surface area contributed by atoms with E-state index in [9.17, 15) is 9.59 Å². The zero-order valence-electron chi connectivity index (χ0n) is 10.1. The van der Waals surface area contributed by atoms with E-state index in [1.165, 1.54) is 6.92 Å². The number of anilines is 1. The van der Waals surface area contributed by atoms with E-state index in [0.717, 1.165) is 5.56 Å². The molecule has 0 bridgehead atoms. The van der Waals surface area contributed by atoms with Crippen molar-refractivity contribution in [3.05, 3.63) is 28.8 Å². The lowest BCUT2D eigenvalue weighted by Crippen LogP contribution is -2.26. The molecular weight excluding hydrogens is 258 g/mol. The summed E-state index contributed by atoms with van der Waals surface area (Å²) in [5, 5.41) is 11.5. The van der Waals surface area contributed by atoms with Crippen molar-refractivity contribution in [3.63, 3.8) is 0 Å². The topological polar surface area (TPSA) is 75.6 Å². The Labute approximate surface area is 110 Å². The fourth-order valence-electron chi connectivity index (χ4n) is 1.18. The molecule has 2 N–H and O–H groups in total. The lowest BCUT2D eigenvalue weighted by atomic mass is 10.2. The van der Waals surface area contributed by atoms with E-state index in [1.54, 1.807) is 12.1 Å². The third kappa shape index (κ3) is 4.35. The second-order valence-electron chi connectivity index (χ2n) is 3.82. The lowest BCUT2D eigenvalue weighted by Gasteiger charge is -2.10. The third-order valence-corrected chi connectivity index (χ3v) is 2.52. The minimum absolute atomic E-state index is 0.336. The molecule has 0 aliphatic heterocycles. The number of ether oxygens (including phenoxy) is 1. The molecule has 1 amide bonds. The number of amides is 1. The van der Waals surface area contributed by atoms with Gasteiger partial charge in [-0.15, -0.1) is 0 Å². The average molecular weight is 272 g/mol. The highest BCUT2D eigenvalue weighted by atomic mass is 35.5. The first-order chi connectivity index (χ1) is 8.40. The molecule has 1 aromatic carbocycles. The molecule has 0 radical (unpaired) electrons. The van der Waals surface area contributed by atoms with Crippen LogP contribution in [0.15, 0.2) is 18.2 Å². The number of hydrogen-bond donors (Lipinski definition) is 2. The summed E-state index contributed by atoms with van der Waals surface area (Å²) in [4.78, 5) is 22.0. The van der Waals surface area contributed by atoms with Gasteiger partial charge < -0.3 is 15.2 Å². The molecule has 0 spiro atoms. The average Bonchev–Trinajstić information content (AvgIpc) is 2.29. The molecule has 0 aliphatic carbocycles. The summed E-state index contributed by atoms with van der Waals surface area (Å²) in [6, 6.07) is 5.20. The lowest BCUT2D eigenvalue weighted by molar-refractivity contribution is -0.150. The molecule has 0 saturated heterocycles. The number of aryl methyl sites for hydroxylation is 1. The number of nitrogens with one attached hydrogen (secondary N) is 1. The van der Waals surface area contributed by atoms with Crippen LogP contribution in [-0.4, -0.2) is 29.7 Å². The summed E-state index contributed by atoms with van der Waals surface area (Å²) < 4.78 is 4.85. The SMILES string of the molecule is Cc1ccc(NC(=O)COC(C)C(=O)O)c(Cl)c1. The Hall–Kier alpha value is -1.59. The minimum Gasteiger partial charge on any atom is -0.479 e. The van der Waals surface area contributed by atoms with Crippen molar-refractivity contribution in [2.75, 3.05) is 11.9 Å². The van der Waals surface area contributed by atoms with Crippen molar-refractivity contribution in [1.29, 1.82) is 0 Å². The summed E-state index contributed by atoms with van der Waals surface area (Å²) in [6.07, 6.45) is -1.02. The smallest absolute Gasteiger partial charge is 0.332 e. The molecule has 0 saturated carbocycles. The fraction of sp³-hybridized carbons (Fsp3) is 0.333. The van der Waals surface area contributed by atoms with Crippen LogP contribution >= 0.6 is 11.6 Å². The molecule has 98 valence electrons. The molecule has 0 heterocycles. The Kier molecular flexibility index (Phi) is 5.12. The normalized spacial score (nSPS) is 11.9. The van der Waals surface area contributed by atoms with Crippen molar-refractivity contribution in [1.82, 2.24) is 0 Å². The Balaban J connectivity index is 2.52. The Bertz CT molecular complexity index is 461. The van der Waals surface area contributed by atoms with Crippen molar-refractivity contribution in [3.8, 4) is 0 Å². The highest BCUT2D eigenvalue weighted by Gasteiger charge is 2.13. The molecule has 1 unspecified atom stereocenters. The van der Waals surface area contributed by atoms with Gasteiger partial charge in [-0.1, -0.05) is 17.7 Å². The maximum atomic E-state index is 11.5. The van der Waals surface area contributed by atoms with Gasteiger partial charge in [0.05, 0.1) is 10.7 Å². The number of carboxylic acids is 1. The summed E-state index contributed by atoms with van der Waals surface area (Å²) in [5.41, 5.74) is 1.45. The van der Waals surface area contributed by atoms with Crippen LogP contribution < -0.4 is 5.32 Å². The maximum absolute atomic E-state index is 11.5. The standard InChI is InChI=1S/C12H14ClNO4/c1-7-3-4-10(9(13)5-7)14-11(15)6-18-8(2)12(16)17/h3-5,8H,6H2,1-2H3,(H,14,15)(H,16,17). The Morgan fingerprint density at radius 2 is 2.17 bits per heavy atom. The van der Waals surface area contributed by atoms with Crippen molar-refractivity contribution >= 4 is 29.2 Å². The quantitative estimate of drug-likeness (QED) is 0.860. The molecule has 1 atom stereocenters. The predicted molar refractivity (Wildman–Crippen MR) is 67.9 cm³/mol. The van der Waals surface area contributed by atoms with Gasteiger partial charge in [0.15, 0.2) is 6.10 Å². The summed E-state index contributed by atoms with van der Waals surface area (Å²) in [6.45, 7) is 2.90. The molecular formula is C12H14ClNO4. The molecule has 0 aliphatic rings. The molecule has 18 heavy (non-hydrogen) atoms. The highest BCUT2D eigenvalue weighted by Crippen LogP contribution is 2.22. The number of benzene rings is 1. The van der Waals surface area contributed by atoms with Crippen molar-refractivity contribution in [2.24, 2.45) is 0 Å². The number of carboxylic acid groups (broad SMARTS) is 1. The number of rotatable bonds is 5. The van der Waals surface area contributed by atoms with Crippen LogP contribution in [0.1, 0.15) is 12.5 Å². The zero-order valence-corrected chi connectivity index (χ0v) is 10.8. The van der Waals surface area contributed by atoms with Crippen LogP contribution in [0.5, 0.6) is 0 Å². The van der Waals surface area contributed by atoms with Gasteiger partial charge in [-0.25, -0.2) is 4.79 Å². The number of aliphatic carboxylic acids is 1. The van der Waals surface area contributed by atoms with Crippen LogP contribution in [0.25, 0.3) is 0 Å². The van der Waals surface area contributed by atoms with E-state index in [0.29, 0.717) is 10.7 Å². The van der Waals surface area contributed by atoms with Gasteiger partial charge in [0.1, 0.15) is 6.61 Å². The van der Waals surface area contributed by atoms with Crippen LogP contribution in [0.3, 0.4) is 0 Å². The molecule has 0 fully saturated rings. The van der Waals surface area contributed by atoms with Gasteiger partial charge in [0, 0.05) is 0 Å². The number of carbonyl (C=O) groups excluding carboxylic acids is 1. The van der Waals surface area contributed by atoms with E-state index in [4.69, 9.17) is 21.4 Å². The summed E-state index contributed by atoms with van der Waals surface area (Å²) in [7, 11) is 0. The Morgan fingerprint density at radius 1 is 1.50 bits per heavy atom. The third-order valence-electron chi connectivity index (χ3n) is 2.21. The van der Waals surface area contributed by atoms with Gasteiger partial charge in [-0.2, -0.15) is 0 Å². The maximum Gasteiger partial charge on any atom is 0.332 e. The molecule has 1 rings (SSSR count). The number of carbonyl (C=O) groups is 2. The van der Waals surface area contributed by atoms with Crippen LogP contribution in [0, 0.1) is 6.92 Å². The summed E-state index contributed by atoms with van der Waals surface area (Å²) in [5.74, 6) is -1.56. The minimum atomic E-state index is -1.11. The monoisotopic (exact) mass is 271 g/mol. The summed E-state index contributed by atoms with van der Waals surface area (Å²) >= 11 is 5.94. The van der Waals surface area contributed by atoms with Gasteiger partial charge in [0.25, 0.3) is 0 Å². The number of halogens is 1. The van der Waals surface area contributed by atoms with Crippen LogP contribution in [0.4, 0.5) is 5.69 Å². The second-order valence-corrected chi connectivity index (χ2v) is 4.23. The van der Waals surface area contributed by atoms with Gasteiger partial charge in [-0.05, 0) is 31.5 Å². The predicted octanol–water partition coefficient (Wildman–Crippen LogP) is 2.08. The van der Waals surface area contributed by atoms with E-state index < -0.39 is 18.0 Å². The first-order valence-corrected chi connectivity index (χ1v) is 5.68. The molecule has 1 aromatic rings. The number of hydrogen-bond acceptors (Lipinski definition) is 3. The fourth-order valence-corrected chi connectivity index (χ4v) is 1.46. The largest absolute Gasteiger partial charge is 0.479 e. The van der Waals surface area contributed by atoms with E-state index in [-0.39, 0.29) is 6.61 Å². The van der Waals surface area contributed by atoms with Crippen LogP contribution in [0.2, 0.25) is 5.02 Å². The first kappa shape index (κ1) is 14.5. The van der Waals surface area contributed by atoms with E-state index >= 15 is 0 Å². The Morgan fingerprint density at radius 3 is 2.72 bits per heavy atom. The first-order valence-electron chi connectivity index (χ1n) is 5.30. The zero-order chi connectivity index (χ0) is 13.7.